The molecule has 0 bridgehead atoms. The molecule has 0 unspecified atom stereocenters. The molecule has 0 radical (unpaired) electrons. The van der Waals surface area contributed by atoms with Crippen LogP contribution in [0, 0.1) is 5.41 Å². The molecule has 0 aromatic carbocycles. The minimum Gasteiger partial charge on any atom is -0.465 e. The maximum atomic E-state index is 10.7. The lowest BCUT2D eigenvalue weighted by Crippen LogP contribution is -2.53. The largest absolute Gasteiger partial charge is 0.465 e. The van der Waals surface area contributed by atoms with Crippen LogP contribution in [0.15, 0.2) is 0 Å². The van der Waals surface area contributed by atoms with E-state index in [0.29, 0.717) is 13.1 Å². The summed E-state index contributed by atoms with van der Waals surface area (Å²) in [5.74, 6) is 0. The highest BCUT2D eigenvalue weighted by Gasteiger charge is 2.46. The number of aliphatic hydroxyl groups is 1. The van der Waals surface area contributed by atoms with Crippen LogP contribution in [0.5, 0.6) is 0 Å². The highest BCUT2D eigenvalue weighted by Crippen LogP contribution is 2.47. The van der Waals surface area contributed by atoms with Gasteiger partial charge in [0.05, 0.1) is 6.10 Å². The van der Waals surface area contributed by atoms with E-state index in [4.69, 9.17) is 5.11 Å². The van der Waals surface area contributed by atoms with E-state index in [1.807, 2.05) is 0 Å². The molecule has 0 atom stereocenters. The summed E-state index contributed by atoms with van der Waals surface area (Å²) in [6, 6.07) is 0. The number of likely N-dealkylation sites (tertiary alicyclic amines) is 1. The minimum absolute atomic E-state index is 0.121. The van der Waals surface area contributed by atoms with E-state index in [2.05, 4.69) is 0 Å². The SMILES string of the molecule is O=C(O)N1CCCC2(CC(O)C2)C1. The molecule has 2 rings (SSSR count). The molecule has 2 N–H and O–H groups in total. The van der Waals surface area contributed by atoms with Crippen LogP contribution in [0.25, 0.3) is 0 Å². The van der Waals surface area contributed by atoms with E-state index in [9.17, 15) is 9.90 Å². The van der Waals surface area contributed by atoms with Crippen molar-refractivity contribution in [3.05, 3.63) is 0 Å². The van der Waals surface area contributed by atoms with Gasteiger partial charge in [0.15, 0.2) is 0 Å². The number of nitrogens with zero attached hydrogens (tertiary/aromatic N) is 1. The third kappa shape index (κ3) is 1.50. The third-order valence-electron chi connectivity index (χ3n) is 3.27. The first kappa shape index (κ1) is 8.81. The van der Waals surface area contributed by atoms with Gasteiger partial charge in [0.2, 0.25) is 0 Å². The van der Waals surface area contributed by atoms with Gasteiger partial charge in [-0.3, -0.25) is 0 Å². The molecule has 4 heteroatoms. The molecule has 2 fully saturated rings. The highest BCUT2D eigenvalue weighted by atomic mass is 16.4. The van der Waals surface area contributed by atoms with Crippen molar-refractivity contribution >= 4 is 6.09 Å². The van der Waals surface area contributed by atoms with Crippen LogP contribution in [-0.2, 0) is 0 Å². The van der Waals surface area contributed by atoms with Crippen molar-refractivity contribution < 1.29 is 15.0 Å². The fourth-order valence-electron chi connectivity index (χ4n) is 2.64. The predicted octanol–water partition coefficient (Wildman–Crippen LogP) is 0.901. The molecule has 1 spiro atoms. The minimum atomic E-state index is -0.819. The van der Waals surface area contributed by atoms with Gasteiger partial charge in [-0.05, 0) is 31.1 Å². The first-order valence-electron chi connectivity index (χ1n) is 4.77. The molecule has 13 heavy (non-hydrogen) atoms. The Labute approximate surface area is 77.2 Å². The summed E-state index contributed by atoms with van der Waals surface area (Å²) in [7, 11) is 0. The molecule has 0 aromatic rings. The molecule has 1 aliphatic carbocycles. The lowest BCUT2D eigenvalue weighted by atomic mass is 9.62. The quantitative estimate of drug-likeness (QED) is 0.589. The van der Waals surface area contributed by atoms with Gasteiger partial charge in [-0.25, -0.2) is 4.79 Å². The van der Waals surface area contributed by atoms with Crippen LogP contribution in [0.1, 0.15) is 25.7 Å². The first-order chi connectivity index (χ1) is 6.11. The van der Waals surface area contributed by atoms with Crippen molar-refractivity contribution in [1.29, 1.82) is 0 Å². The van der Waals surface area contributed by atoms with Crippen molar-refractivity contribution in [2.75, 3.05) is 13.1 Å². The second-order valence-electron chi connectivity index (χ2n) is 4.37. The lowest BCUT2D eigenvalue weighted by Gasteiger charge is -2.50. The topological polar surface area (TPSA) is 60.8 Å². The van der Waals surface area contributed by atoms with Crippen LogP contribution >= 0.6 is 0 Å². The summed E-state index contributed by atoms with van der Waals surface area (Å²) in [6.07, 6.45) is 2.59. The zero-order chi connectivity index (χ0) is 9.47. The summed E-state index contributed by atoms with van der Waals surface area (Å²) >= 11 is 0. The van der Waals surface area contributed by atoms with E-state index in [1.165, 1.54) is 4.90 Å². The fourth-order valence-corrected chi connectivity index (χ4v) is 2.64. The number of amides is 1. The van der Waals surface area contributed by atoms with Gasteiger partial charge in [0, 0.05) is 13.1 Å². The Morgan fingerprint density at radius 3 is 2.69 bits per heavy atom. The Morgan fingerprint density at radius 1 is 1.46 bits per heavy atom. The van der Waals surface area contributed by atoms with Gasteiger partial charge in [0.1, 0.15) is 0 Å². The van der Waals surface area contributed by atoms with E-state index in [-0.39, 0.29) is 11.5 Å². The van der Waals surface area contributed by atoms with Crippen LogP contribution < -0.4 is 0 Å². The van der Waals surface area contributed by atoms with Crippen molar-refractivity contribution in [2.45, 2.75) is 31.8 Å². The second-order valence-corrected chi connectivity index (χ2v) is 4.37. The van der Waals surface area contributed by atoms with Gasteiger partial charge in [0.25, 0.3) is 0 Å². The molecule has 1 heterocycles. The van der Waals surface area contributed by atoms with Crippen molar-refractivity contribution in [3.63, 3.8) is 0 Å². The zero-order valence-electron chi connectivity index (χ0n) is 7.57. The summed E-state index contributed by atoms with van der Waals surface area (Å²) in [5.41, 5.74) is 0.121. The molecule has 1 saturated heterocycles. The molecule has 2 aliphatic rings. The van der Waals surface area contributed by atoms with Crippen molar-refractivity contribution in [3.8, 4) is 0 Å². The predicted molar refractivity (Wildman–Crippen MR) is 46.5 cm³/mol. The van der Waals surface area contributed by atoms with E-state index >= 15 is 0 Å². The lowest BCUT2D eigenvalue weighted by molar-refractivity contribution is -0.0692. The number of piperidine rings is 1. The van der Waals surface area contributed by atoms with Crippen LogP contribution in [0.4, 0.5) is 4.79 Å². The summed E-state index contributed by atoms with van der Waals surface area (Å²) in [5, 5.41) is 18.0. The van der Waals surface area contributed by atoms with E-state index < -0.39 is 6.09 Å². The molecule has 74 valence electrons. The monoisotopic (exact) mass is 185 g/mol. The van der Waals surface area contributed by atoms with Crippen molar-refractivity contribution in [1.82, 2.24) is 4.90 Å². The molecule has 1 aliphatic heterocycles. The number of rotatable bonds is 0. The first-order valence-corrected chi connectivity index (χ1v) is 4.77. The number of carboxylic acid groups (broad SMARTS) is 1. The van der Waals surface area contributed by atoms with Crippen LogP contribution in [-0.4, -0.2) is 40.4 Å². The zero-order valence-corrected chi connectivity index (χ0v) is 7.57. The Bertz CT molecular complexity index is 217. The smallest absolute Gasteiger partial charge is 0.407 e. The van der Waals surface area contributed by atoms with Gasteiger partial charge in [-0.2, -0.15) is 0 Å². The van der Waals surface area contributed by atoms with Gasteiger partial charge >= 0.3 is 6.09 Å². The Morgan fingerprint density at radius 2 is 2.15 bits per heavy atom. The third-order valence-corrected chi connectivity index (χ3v) is 3.27. The Kier molecular flexibility index (Phi) is 1.95. The standard InChI is InChI=1S/C9H15NO3/c11-7-4-9(5-7)2-1-3-10(6-9)8(12)13/h7,11H,1-6H2,(H,12,13). The molecular weight excluding hydrogens is 170 g/mol. The molecule has 1 amide bonds. The Hall–Kier alpha value is -0.770. The Balaban J connectivity index is 1.97. The molecule has 0 aromatic heterocycles. The molecule has 1 saturated carbocycles. The summed E-state index contributed by atoms with van der Waals surface area (Å²) < 4.78 is 0. The molecule has 4 nitrogen and oxygen atoms in total. The van der Waals surface area contributed by atoms with Gasteiger partial charge in [-0.1, -0.05) is 0 Å². The van der Waals surface area contributed by atoms with Gasteiger partial charge < -0.3 is 15.1 Å². The van der Waals surface area contributed by atoms with Crippen molar-refractivity contribution in [2.24, 2.45) is 5.41 Å². The average molecular weight is 185 g/mol. The number of aliphatic hydroxyl groups excluding tert-OH is 1. The number of hydrogen-bond acceptors (Lipinski definition) is 2. The summed E-state index contributed by atoms with van der Waals surface area (Å²) in [4.78, 5) is 12.2. The maximum Gasteiger partial charge on any atom is 0.407 e. The highest BCUT2D eigenvalue weighted by molar-refractivity contribution is 5.65. The average Bonchev–Trinajstić information content (AvgIpc) is 2.02. The summed E-state index contributed by atoms with van der Waals surface area (Å²) in [6.45, 7) is 1.28. The second kappa shape index (κ2) is 2.87. The molecular formula is C9H15NO3. The van der Waals surface area contributed by atoms with E-state index in [0.717, 1.165) is 25.7 Å². The van der Waals surface area contributed by atoms with Crippen LogP contribution in [0.2, 0.25) is 0 Å². The van der Waals surface area contributed by atoms with E-state index in [1.54, 1.807) is 0 Å². The fraction of sp³-hybridized carbons (Fsp3) is 0.889. The normalized spacial score (nSPS) is 38.8. The number of carbonyl (C=O) groups is 1. The van der Waals surface area contributed by atoms with Crippen LogP contribution in [0.3, 0.4) is 0 Å². The van der Waals surface area contributed by atoms with Gasteiger partial charge in [-0.15, -0.1) is 0 Å². The number of hydrogen-bond donors (Lipinski definition) is 2. The maximum absolute atomic E-state index is 10.7.